The molecule has 2 aliphatic heterocycles. The fourth-order valence-corrected chi connectivity index (χ4v) is 1.34. The maximum atomic E-state index is 4.18. The third kappa shape index (κ3) is 0.578. The van der Waals surface area contributed by atoms with Gasteiger partial charge in [-0.3, -0.25) is 9.56 Å². The molecule has 0 saturated heterocycles. The fourth-order valence-electron chi connectivity index (χ4n) is 1.34. The van der Waals surface area contributed by atoms with Gasteiger partial charge in [-0.1, -0.05) is 0 Å². The van der Waals surface area contributed by atoms with Crippen LogP contribution >= 0.6 is 0 Å². The predicted molar refractivity (Wildman–Crippen MR) is 44.8 cm³/mol. The maximum Gasteiger partial charge on any atom is 0.169 e. The second kappa shape index (κ2) is 1.88. The van der Waals surface area contributed by atoms with E-state index in [-0.39, 0.29) is 6.04 Å². The molecule has 0 amide bonds. The molecule has 1 aromatic rings. The van der Waals surface area contributed by atoms with E-state index < -0.39 is 0 Å². The number of nitrogens with zero attached hydrogens (tertiary/aromatic N) is 5. The summed E-state index contributed by atoms with van der Waals surface area (Å²) in [6.07, 6.45) is 6.82. The van der Waals surface area contributed by atoms with Crippen molar-refractivity contribution >= 4 is 18.5 Å². The Hall–Kier alpha value is -1.78. The van der Waals surface area contributed by atoms with Crippen LogP contribution in [0.5, 0.6) is 0 Å². The van der Waals surface area contributed by atoms with Crippen molar-refractivity contribution in [2.45, 2.75) is 6.04 Å². The second-order valence-electron chi connectivity index (χ2n) is 2.59. The van der Waals surface area contributed by atoms with Crippen molar-refractivity contribution in [2.75, 3.05) is 0 Å². The molecule has 1 atom stereocenters. The number of amidine groups is 1. The predicted octanol–water partition coefficient (Wildman–Crippen LogP) is 0.255. The van der Waals surface area contributed by atoms with Crippen LogP contribution in [0.25, 0.3) is 0 Å². The average molecular weight is 159 g/mol. The quantitative estimate of drug-likeness (QED) is 0.535. The van der Waals surface area contributed by atoms with Gasteiger partial charge in [-0.15, -0.1) is 0 Å². The molecule has 3 rings (SSSR count). The molecule has 0 radical (unpaired) electrons. The monoisotopic (exact) mass is 159 g/mol. The lowest BCUT2D eigenvalue weighted by Crippen LogP contribution is -2.17. The van der Waals surface area contributed by atoms with Crippen LogP contribution in [-0.4, -0.2) is 28.1 Å². The molecule has 12 heavy (non-hydrogen) atoms. The number of aromatic nitrogens is 2. The zero-order chi connectivity index (χ0) is 7.97. The molecule has 0 bridgehead atoms. The first-order chi connectivity index (χ1) is 5.95. The van der Waals surface area contributed by atoms with Gasteiger partial charge in [0, 0.05) is 12.4 Å². The van der Waals surface area contributed by atoms with Gasteiger partial charge in [0.25, 0.3) is 0 Å². The Morgan fingerprint density at radius 3 is 3.42 bits per heavy atom. The van der Waals surface area contributed by atoms with Crippen molar-refractivity contribution in [1.82, 2.24) is 9.55 Å². The molecule has 2 aliphatic rings. The van der Waals surface area contributed by atoms with Crippen molar-refractivity contribution in [3.05, 3.63) is 18.2 Å². The molecule has 0 aliphatic carbocycles. The smallest absolute Gasteiger partial charge is 0.169 e. The Kier molecular flexibility index (Phi) is 0.910. The first kappa shape index (κ1) is 5.82. The number of aliphatic imine (C=N–C) groups is 3. The summed E-state index contributed by atoms with van der Waals surface area (Å²) >= 11 is 0. The maximum absolute atomic E-state index is 4.18. The molecule has 1 unspecified atom stereocenters. The fraction of sp³-hybridized carbons (Fsp3) is 0.143. The Bertz CT molecular complexity index is 411. The Morgan fingerprint density at radius 2 is 2.42 bits per heavy atom. The van der Waals surface area contributed by atoms with E-state index in [1.54, 1.807) is 12.5 Å². The van der Waals surface area contributed by atoms with Crippen LogP contribution < -0.4 is 0 Å². The van der Waals surface area contributed by atoms with E-state index in [0.717, 1.165) is 11.7 Å². The lowest BCUT2D eigenvalue weighted by molar-refractivity contribution is 0.833. The van der Waals surface area contributed by atoms with Crippen LogP contribution in [0.1, 0.15) is 11.9 Å². The molecule has 58 valence electrons. The normalized spacial score (nSPS) is 23.7. The van der Waals surface area contributed by atoms with Crippen LogP contribution in [0.15, 0.2) is 27.4 Å². The molecular formula is C7H5N5. The third-order valence-electron chi connectivity index (χ3n) is 1.91. The van der Waals surface area contributed by atoms with Gasteiger partial charge in [-0.05, 0) is 0 Å². The minimum atomic E-state index is -0.0787. The number of rotatable bonds is 0. The van der Waals surface area contributed by atoms with Gasteiger partial charge in [0.1, 0.15) is 18.5 Å². The summed E-state index contributed by atoms with van der Waals surface area (Å²) in [5.74, 6) is 1.62. The van der Waals surface area contributed by atoms with Crippen LogP contribution in [0.4, 0.5) is 0 Å². The summed E-state index contributed by atoms with van der Waals surface area (Å²) < 4.78 is 1.85. The van der Waals surface area contributed by atoms with Gasteiger partial charge in [0.2, 0.25) is 0 Å². The lowest BCUT2D eigenvalue weighted by Gasteiger charge is -2.11. The van der Waals surface area contributed by atoms with E-state index >= 15 is 0 Å². The van der Waals surface area contributed by atoms with Crippen LogP contribution in [0, 0.1) is 0 Å². The van der Waals surface area contributed by atoms with Crippen molar-refractivity contribution in [3.8, 4) is 0 Å². The van der Waals surface area contributed by atoms with Gasteiger partial charge < -0.3 is 0 Å². The topological polar surface area (TPSA) is 54.9 Å². The van der Waals surface area contributed by atoms with E-state index in [4.69, 9.17) is 0 Å². The molecular weight excluding hydrogens is 154 g/mol. The third-order valence-corrected chi connectivity index (χ3v) is 1.91. The minimum absolute atomic E-state index is 0.0787. The molecule has 5 heteroatoms. The van der Waals surface area contributed by atoms with Gasteiger partial charge in [0.05, 0.1) is 0 Å². The van der Waals surface area contributed by atoms with E-state index in [0.29, 0.717) is 0 Å². The molecule has 1 aromatic heterocycles. The van der Waals surface area contributed by atoms with E-state index in [1.165, 1.54) is 6.34 Å². The summed E-state index contributed by atoms with van der Waals surface area (Å²) in [7, 11) is 0. The van der Waals surface area contributed by atoms with Crippen LogP contribution in [0.3, 0.4) is 0 Å². The molecule has 0 spiro atoms. The highest BCUT2D eigenvalue weighted by atomic mass is 15.2. The van der Waals surface area contributed by atoms with Crippen LogP contribution in [-0.2, 0) is 0 Å². The highest BCUT2D eigenvalue weighted by Gasteiger charge is 2.26. The van der Waals surface area contributed by atoms with E-state index in [2.05, 4.69) is 20.0 Å². The van der Waals surface area contributed by atoms with Crippen molar-refractivity contribution in [1.29, 1.82) is 0 Å². The van der Waals surface area contributed by atoms with Gasteiger partial charge in [-0.2, -0.15) is 0 Å². The number of imidazole rings is 1. The summed E-state index contributed by atoms with van der Waals surface area (Å²) in [5.41, 5.74) is 0. The van der Waals surface area contributed by atoms with Crippen molar-refractivity contribution in [2.24, 2.45) is 15.0 Å². The van der Waals surface area contributed by atoms with E-state index in [9.17, 15) is 0 Å². The SMILES string of the molecule is C1=NC2=NC=NC2c2nccn21. The second-order valence-corrected chi connectivity index (χ2v) is 2.59. The van der Waals surface area contributed by atoms with Gasteiger partial charge in [0.15, 0.2) is 11.9 Å². The molecule has 0 saturated carbocycles. The highest BCUT2D eigenvalue weighted by Crippen LogP contribution is 2.23. The standard InChI is InChI=1S/C7H5N5/c1-2-12-4-11-6-5(7(12)8-1)9-3-10-6/h1-5H. The Labute approximate surface area is 68.2 Å². The summed E-state index contributed by atoms with van der Waals surface area (Å²) in [6, 6.07) is -0.0787. The summed E-state index contributed by atoms with van der Waals surface area (Å²) in [4.78, 5) is 16.5. The molecule has 3 heterocycles. The van der Waals surface area contributed by atoms with Crippen molar-refractivity contribution < 1.29 is 0 Å². The lowest BCUT2D eigenvalue weighted by atomic mass is 10.2. The van der Waals surface area contributed by atoms with E-state index in [1.807, 2.05) is 10.8 Å². The number of fused-ring (bicyclic) bond motifs is 3. The molecule has 0 fully saturated rings. The molecule has 5 nitrogen and oxygen atoms in total. The largest absolute Gasteiger partial charge is 0.292 e. The Balaban J connectivity index is 2.26. The van der Waals surface area contributed by atoms with Crippen LogP contribution in [0.2, 0.25) is 0 Å². The van der Waals surface area contributed by atoms with Gasteiger partial charge in [-0.25, -0.2) is 15.0 Å². The Morgan fingerprint density at radius 1 is 1.42 bits per heavy atom. The zero-order valence-corrected chi connectivity index (χ0v) is 6.12. The summed E-state index contributed by atoms with van der Waals surface area (Å²) in [6.45, 7) is 0. The molecule has 0 aromatic carbocycles. The minimum Gasteiger partial charge on any atom is -0.292 e. The number of hydrogen-bond donors (Lipinski definition) is 0. The summed E-state index contributed by atoms with van der Waals surface area (Å²) in [5, 5.41) is 0. The number of hydrogen-bond acceptors (Lipinski definition) is 4. The first-order valence-electron chi connectivity index (χ1n) is 3.61. The molecule has 0 N–H and O–H groups in total. The van der Waals surface area contributed by atoms with Gasteiger partial charge >= 0.3 is 0 Å². The first-order valence-corrected chi connectivity index (χ1v) is 3.61. The highest BCUT2D eigenvalue weighted by molar-refractivity contribution is 6.03. The van der Waals surface area contributed by atoms with Crippen molar-refractivity contribution in [3.63, 3.8) is 0 Å². The average Bonchev–Trinajstić information content (AvgIpc) is 2.71. The zero-order valence-electron chi connectivity index (χ0n) is 6.12.